The van der Waals surface area contributed by atoms with Crippen molar-refractivity contribution in [1.82, 2.24) is 29.3 Å². The van der Waals surface area contributed by atoms with Crippen LogP contribution >= 0.6 is 0 Å². The van der Waals surface area contributed by atoms with E-state index in [2.05, 4.69) is 11.5 Å². The zero-order valence-corrected chi connectivity index (χ0v) is 31.5. The summed E-state index contributed by atoms with van der Waals surface area (Å²) in [7, 11) is 1.92. The van der Waals surface area contributed by atoms with E-state index in [1.807, 2.05) is 66.3 Å². The summed E-state index contributed by atoms with van der Waals surface area (Å²) in [5, 5.41) is 14.2. The second-order valence-corrected chi connectivity index (χ2v) is 14.7. The highest BCUT2D eigenvalue weighted by Crippen LogP contribution is 2.32. The number of aryl methyl sites for hydroxylation is 2. The molecule has 0 saturated carbocycles. The number of aromatic nitrogens is 1. The number of para-hydroxylation sites is 1. The number of hydrogen-bond donors (Lipinski definition) is 1. The molecule has 3 aliphatic rings. The summed E-state index contributed by atoms with van der Waals surface area (Å²) in [6.07, 6.45) is 4.98. The number of rotatable bonds is 14. The number of benzene rings is 3. The van der Waals surface area contributed by atoms with E-state index in [1.54, 1.807) is 50.2 Å². The van der Waals surface area contributed by atoms with Gasteiger partial charge in [-0.25, -0.2) is 10.0 Å². The van der Waals surface area contributed by atoms with E-state index in [0.717, 1.165) is 66.9 Å². The number of amides is 3. The van der Waals surface area contributed by atoms with Gasteiger partial charge in [0.05, 0.1) is 31.8 Å². The fraction of sp³-hybridized carbons (Fsp3) is 0.395. The summed E-state index contributed by atoms with van der Waals surface area (Å²) < 4.78 is 7.42. The number of nitrogens with zero attached hydrogens (tertiary/aromatic N) is 6. The van der Waals surface area contributed by atoms with Crippen LogP contribution in [0.15, 0.2) is 91.6 Å². The van der Waals surface area contributed by atoms with Crippen LogP contribution in [0.25, 0.3) is 10.9 Å². The Hall–Kier alpha value is -5.30. The summed E-state index contributed by atoms with van der Waals surface area (Å²) in [4.78, 5) is 62.2. The molecule has 3 amide bonds. The number of morpholine rings is 1. The van der Waals surface area contributed by atoms with Crippen molar-refractivity contribution in [1.29, 1.82) is 0 Å². The summed E-state index contributed by atoms with van der Waals surface area (Å²) in [5.74, 6) is -0.420. The average Bonchev–Trinajstić information content (AvgIpc) is 3.54. The zero-order chi connectivity index (χ0) is 38.5. The number of Topliss-reactive ketones (excluding diaryl/α,β-unsaturated/α-hetero) is 1. The molecular formula is C43H50N6O6. The number of carbonyl (C=O) groups excluding carboxylic acids is 4. The molecule has 3 aliphatic heterocycles. The first-order valence-corrected chi connectivity index (χ1v) is 19.2. The Kier molecular flexibility index (Phi) is 11.8. The molecule has 0 spiro atoms. The Bertz CT molecular complexity index is 2020. The van der Waals surface area contributed by atoms with Crippen molar-refractivity contribution in [3.8, 4) is 5.75 Å². The van der Waals surface area contributed by atoms with Crippen LogP contribution in [0.5, 0.6) is 5.75 Å². The molecule has 1 aromatic heterocycles. The van der Waals surface area contributed by atoms with Gasteiger partial charge >= 0.3 is 0 Å². The Morgan fingerprint density at radius 2 is 1.71 bits per heavy atom. The Balaban J connectivity index is 1.19. The Morgan fingerprint density at radius 1 is 0.945 bits per heavy atom. The average molecular weight is 747 g/mol. The van der Waals surface area contributed by atoms with Crippen molar-refractivity contribution in [2.24, 2.45) is 7.05 Å². The zero-order valence-electron chi connectivity index (χ0n) is 31.5. The van der Waals surface area contributed by atoms with Crippen LogP contribution in [0.3, 0.4) is 0 Å². The van der Waals surface area contributed by atoms with Crippen molar-refractivity contribution in [2.75, 3.05) is 52.5 Å². The van der Waals surface area contributed by atoms with Gasteiger partial charge < -0.3 is 24.2 Å². The number of carbonyl (C=O) groups is 4. The molecule has 0 unspecified atom stereocenters. The van der Waals surface area contributed by atoms with Gasteiger partial charge in [-0.1, -0.05) is 66.7 Å². The largest absolute Gasteiger partial charge is 0.508 e. The molecule has 3 saturated heterocycles. The highest BCUT2D eigenvalue weighted by Gasteiger charge is 2.51. The number of ether oxygens (including phenoxy) is 1. The van der Waals surface area contributed by atoms with E-state index < -0.39 is 12.2 Å². The molecule has 0 radical (unpaired) electrons. The van der Waals surface area contributed by atoms with Gasteiger partial charge in [0.2, 0.25) is 17.7 Å². The molecule has 2 atom stereocenters. The number of ketones is 1. The van der Waals surface area contributed by atoms with Crippen LogP contribution in [-0.2, 0) is 45.6 Å². The van der Waals surface area contributed by atoms with Gasteiger partial charge in [0, 0.05) is 69.6 Å². The Labute approximate surface area is 322 Å². The molecule has 0 bridgehead atoms. The van der Waals surface area contributed by atoms with Gasteiger partial charge in [0.15, 0.2) is 5.78 Å². The maximum absolute atomic E-state index is 14.7. The molecular weight excluding hydrogens is 697 g/mol. The summed E-state index contributed by atoms with van der Waals surface area (Å²) in [6, 6.07) is 21.4. The van der Waals surface area contributed by atoms with Crippen LogP contribution in [0.2, 0.25) is 0 Å². The number of piperazine rings is 1. The molecule has 12 heteroatoms. The lowest BCUT2D eigenvalue weighted by Gasteiger charge is -2.55. The lowest BCUT2D eigenvalue weighted by Crippen LogP contribution is -2.75. The first-order chi connectivity index (χ1) is 26.7. The predicted molar refractivity (Wildman–Crippen MR) is 209 cm³/mol. The molecule has 1 N–H and O–H groups in total. The number of aromatic hydroxyl groups is 1. The van der Waals surface area contributed by atoms with Crippen molar-refractivity contribution >= 4 is 34.4 Å². The van der Waals surface area contributed by atoms with E-state index >= 15 is 0 Å². The molecule has 4 aromatic rings. The van der Waals surface area contributed by atoms with E-state index in [4.69, 9.17) is 4.74 Å². The number of hydrogen-bond acceptors (Lipinski definition) is 8. The fourth-order valence-electron chi connectivity index (χ4n) is 8.30. The minimum absolute atomic E-state index is 0.0646. The van der Waals surface area contributed by atoms with Crippen molar-refractivity contribution in [3.63, 3.8) is 0 Å². The van der Waals surface area contributed by atoms with Crippen LogP contribution in [0.4, 0.5) is 0 Å². The third kappa shape index (κ3) is 8.36. The highest BCUT2D eigenvalue weighted by molar-refractivity contribution is 6.08. The molecule has 3 fully saturated rings. The van der Waals surface area contributed by atoms with E-state index in [-0.39, 0.29) is 68.3 Å². The minimum atomic E-state index is -0.887. The SMILES string of the molecule is C=CCN1CC(=O)N2[C@@H](Cc3ccc(O)cc3)C(=O)N(Cc3cccc4c(C(=O)CCCN5CCOCC5)cn(C)c34)C[C@@H]2N1C(=O)CCc1ccccc1. The van der Waals surface area contributed by atoms with E-state index in [1.165, 1.54) is 0 Å². The molecule has 4 heterocycles. The van der Waals surface area contributed by atoms with Gasteiger partial charge in [-0.05, 0) is 48.2 Å². The maximum Gasteiger partial charge on any atom is 0.246 e. The van der Waals surface area contributed by atoms with Gasteiger partial charge in [0.1, 0.15) is 18.0 Å². The summed E-state index contributed by atoms with van der Waals surface area (Å²) in [5.41, 5.74) is 4.21. The molecule has 12 nitrogen and oxygen atoms in total. The van der Waals surface area contributed by atoms with E-state index in [9.17, 15) is 24.3 Å². The second kappa shape index (κ2) is 17.0. The highest BCUT2D eigenvalue weighted by atomic mass is 16.5. The smallest absolute Gasteiger partial charge is 0.246 e. The minimum Gasteiger partial charge on any atom is -0.508 e. The standard InChI is InChI=1S/C43H50N6O6/c1-3-20-47-30-41(53)48-37(26-32-14-17-34(50)18-15-32)43(54)46(29-39(48)49(47)40(52)19-16-31-9-5-4-6-10-31)27-33-11-7-12-35-36(28-44(2)42(33)35)38(51)13-8-21-45-22-24-55-25-23-45/h3-7,9-12,14-15,17-18,28,37,39,50H,1,8,13,16,19-27,29-30H2,2H3/t37-,39-/m0/s1. The number of phenols is 1. The lowest BCUT2D eigenvalue weighted by molar-refractivity contribution is -0.205. The van der Waals surface area contributed by atoms with Crippen molar-refractivity contribution < 1.29 is 29.0 Å². The van der Waals surface area contributed by atoms with E-state index in [0.29, 0.717) is 18.4 Å². The quantitative estimate of drug-likeness (QED) is 0.151. The Morgan fingerprint density at radius 3 is 2.45 bits per heavy atom. The molecule has 3 aromatic carbocycles. The van der Waals surface area contributed by atoms with Crippen molar-refractivity contribution in [2.45, 2.75) is 50.9 Å². The molecule has 288 valence electrons. The third-order valence-electron chi connectivity index (χ3n) is 11.0. The third-order valence-corrected chi connectivity index (χ3v) is 11.0. The second-order valence-electron chi connectivity index (χ2n) is 14.7. The first kappa shape index (κ1) is 38.0. The topological polar surface area (TPSA) is 119 Å². The first-order valence-electron chi connectivity index (χ1n) is 19.2. The number of fused-ring (bicyclic) bond motifs is 2. The van der Waals surface area contributed by atoms with Gasteiger partial charge in [-0.3, -0.25) is 24.1 Å². The number of phenolic OH excluding ortho intramolecular Hbond substituents is 1. The molecule has 7 rings (SSSR count). The monoisotopic (exact) mass is 746 g/mol. The van der Waals surface area contributed by atoms with Gasteiger partial charge in [-0.2, -0.15) is 0 Å². The lowest BCUT2D eigenvalue weighted by atomic mass is 9.97. The van der Waals surface area contributed by atoms with Gasteiger partial charge in [-0.15, -0.1) is 6.58 Å². The summed E-state index contributed by atoms with van der Waals surface area (Å²) >= 11 is 0. The van der Waals surface area contributed by atoms with Crippen LogP contribution in [-0.4, -0.2) is 123 Å². The normalized spacial score (nSPS) is 19.5. The number of hydrazine groups is 1. The predicted octanol–water partition coefficient (Wildman–Crippen LogP) is 4.17. The molecule has 55 heavy (non-hydrogen) atoms. The van der Waals surface area contributed by atoms with Crippen LogP contribution in [0.1, 0.15) is 46.3 Å². The maximum atomic E-state index is 14.7. The summed E-state index contributed by atoms with van der Waals surface area (Å²) in [6.45, 7) is 8.52. The molecule has 0 aliphatic carbocycles. The van der Waals surface area contributed by atoms with Crippen molar-refractivity contribution in [3.05, 3.63) is 114 Å². The van der Waals surface area contributed by atoms with Crippen LogP contribution < -0.4 is 0 Å². The van der Waals surface area contributed by atoms with Gasteiger partial charge in [0.25, 0.3) is 0 Å². The fourth-order valence-corrected chi connectivity index (χ4v) is 8.30. The van der Waals surface area contributed by atoms with Crippen LogP contribution in [0, 0.1) is 0 Å².